The van der Waals surface area contributed by atoms with Crippen molar-refractivity contribution in [1.29, 1.82) is 0 Å². The van der Waals surface area contributed by atoms with Crippen molar-refractivity contribution < 1.29 is 9.18 Å². The number of carbonyl (C=O) groups excluding carboxylic acids is 1. The first-order chi connectivity index (χ1) is 10.2. The molecule has 106 valence electrons. The zero-order valence-electron chi connectivity index (χ0n) is 11.2. The second-order valence-corrected chi connectivity index (χ2v) is 5.70. The lowest BCUT2D eigenvalue weighted by molar-refractivity contribution is -0.116. The van der Waals surface area contributed by atoms with Gasteiger partial charge in [-0.2, -0.15) is 0 Å². The molecule has 0 atom stereocenters. The highest BCUT2D eigenvalue weighted by atomic mass is 32.2. The normalized spacial score (nSPS) is 13.3. The Morgan fingerprint density at radius 2 is 2.10 bits per heavy atom. The molecule has 2 aromatic rings. The minimum absolute atomic E-state index is 0.112. The fourth-order valence-electron chi connectivity index (χ4n) is 2.04. The number of thioether (sulfide) groups is 1. The third-order valence-electron chi connectivity index (χ3n) is 3.21. The summed E-state index contributed by atoms with van der Waals surface area (Å²) in [6.07, 6.45) is 5.38. The zero-order valence-corrected chi connectivity index (χ0v) is 12.0. The molecule has 2 heterocycles. The molecule has 1 aliphatic rings. The van der Waals surface area contributed by atoms with Crippen LogP contribution in [-0.4, -0.2) is 10.9 Å². The summed E-state index contributed by atoms with van der Waals surface area (Å²) in [5.41, 5.74) is 3.04. The maximum atomic E-state index is 12.8. The monoisotopic (exact) mass is 300 g/mol. The highest BCUT2D eigenvalue weighted by molar-refractivity contribution is 8.03. The van der Waals surface area contributed by atoms with Gasteiger partial charge in [0.25, 0.3) is 5.91 Å². The molecule has 0 spiro atoms. The first kappa shape index (κ1) is 13.8. The Labute approximate surface area is 126 Å². The van der Waals surface area contributed by atoms with Crippen molar-refractivity contribution in [3.63, 3.8) is 0 Å². The van der Waals surface area contributed by atoms with Crippen LogP contribution in [-0.2, 0) is 17.1 Å². The van der Waals surface area contributed by atoms with E-state index in [4.69, 9.17) is 0 Å². The van der Waals surface area contributed by atoms with Crippen molar-refractivity contribution in [2.45, 2.75) is 12.3 Å². The molecule has 1 amide bonds. The lowest BCUT2D eigenvalue weighted by Crippen LogP contribution is -2.24. The topological polar surface area (TPSA) is 42.0 Å². The van der Waals surface area contributed by atoms with E-state index in [0.717, 1.165) is 16.9 Å². The van der Waals surface area contributed by atoms with Gasteiger partial charge in [-0.3, -0.25) is 9.78 Å². The SMILES string of the molecule is O=C(NCc1ccc(F)cc1)C1=Cc2cnccc2CS1. The number of aromatic nitrogens is 1. The van der Waals surface area contributed by atoms with Gasteiger partial charge < -0.3 is 5.32 Å². The number of amides is 1. The number of carbonyl (C=O) groups is 1. The Bertz CT molecular complexity index is 698. The first-order valence-corrected chi connectivity index (χ1v) is 7.51. The van der Waals surface area contributed by atoms with Gasteiger partial charge in [0.05, 0.1) is 4.91 Å². The van der Waals surface area contributed by atoms with E-state index in [1.165, 1.54) is 29.5 Å². The van der Waals surface area contributed by atoms with Gasteiger partial charge in [-0.15, -0.1) is 11.8 Å². The Hall–Kier alpha value is -2.14. The smallest absolute Gasteiger partial charge is 0.257 e. The second-order valence-electron chi connectivity index (χ2n) is 4.68. The quantitative estimate of drug-likeness (QED) is 0.947. The molecule has 0 bridgehead atoms. The molecule has 3 rings (SSSR count). The van der Waals surface area contributed by atoms with Gasteiger partial charge in [0.15, 0.2) is 0 Å². The highest BCUT2D eigenvalue weighted by Crippen LogP contribution is 2.31. The molecule has 0 saturated carbocycles. The van der Waals surface area contributed by atoms with Crippen LogP contribution < -0.4 is 5.32 Å². The Morgan fingerprint density at radius 1 is 1.29 bits per heavy atom. The number of hydrogen-bond acceptors (Lipinski definition) is 3. The molecular weight excluding hydrogens is 287 g/mol. The van der Waals surface area contributed by atoms with Crippen LogP contribution in [0.15, 0.2) is 47.6 Å². The van der Waals surface area contributed by atoms with Gasteiger partial charge >= 0.3 is 0 Å². The van der Waals surface area contributed by atoms with E-state index in [2.05, 4.69) is 10.3 Å². The summed E-state index contributed by atoms with van der Waals surface area (Å²) in [7, 11) is 0. The summed E-state index contributed by atoms with van der Waals surface area (Å²) in [6, 6.07) is 8.07. The molecule has 0 radical (unpaired) electrons. The predicted octanol–water partition coefficient (Wildman–Crippen LogP) is 3.12. The zero-order chi connectivity index (χ0) is 14.7. The van der Waals surface area contributed by atoms with Crippen molar-refractivity contribution >= 4 is 23.7 Å². The standard InChI is InChI=1S/C16H13FN2OS/c17-14-3-1-11(2-4-14)8-19-16(20)15-7-13-9-18-6-5-12(13)10-21-15/h1-7,9H,8,10H2,(H,19,20). The van der Waals surface area contributed by atoms with Crippen LogP contribution >= 0.6 is 11.8 Å². The predicted molar refractivity (Wildman–Crippen MR) is 81.8 cm³/mol. The number of pyridine rings is 1. The molecule has 0 aliphatic carbocycles. The number of nitrogens with one attached hydrogen (secondary N) is 1. The average molecular weight is 300 g/mol. The third-order valence-corrected chi connectivity index (χ3v) is 4.28. The first-order valence-electron chi connectivity index (χ1n) is 6.52. The van der Waals surface area contributed by atoms with E-state index in [1.807, 2.05) is 12.1 Å². The Morgan fingerprint density at radius 3 is 2.90 bits per heavy atom. The van der Waals surface area contributed by atoms with Gasteiger partial charge in [-0.1, -0.05) is 12.1 Å². The summed E-state index contributed by atoms with van der Waals surface area (Å²) >= 11 is 1.51. The van der Waals surface area contributed by atoms with Gasteiger partial charge in [0, 0.05) is 24.7 Å². The number of halogens is 1. The molecule has 3 nitrogen and oxygen atoms in total. The van der Waals surface area contributed by atoms with Crippen molar-refractivity contribution in [2.24, 2.45) is 0 Å². The molecule has 0 unspecified atom stereocenters. The Balaban J connectivity index is 1.66. The Kier molecular flexibility index (Phi) is 4.01. The van der Waals surface area contributed by atoms with Crippen LogP contribution in [0.25, 0.3) is 6.08 Å². The van der Waals surface area contributed by atoms with Crippen molar-refractivity contribution in [2.75, 3.05) is 0 Å². The van der Waals surface area contributed by atoms with E-state index in [0.29, 0.717) is 11.4 Å². The van der Waals surface area contributed by atoms with Crippen molar-refractivity contribution in [1.82, 2.24) is 10.3 Å². The summed E-state index contributed by atoms with van der Waals surface area (Å²) < 4.78 is 12.8. The van der Waals surface area contributed by atoms with Crippen molar-refractivity contribution in [3.8, 4) is 0 Å². The average Bonchev–Trinajstić information content (AvgIpc) is 2.53. The fourth-order valence-corrected chi connectivity index (χ4v) is 3.03. The van der Waals surface area contributed by atoms with Gasteiger partial charge in [0.2, 0.25) is 0 Å². The van der Waals surface area contributed by atoms with Crippen LogP contribution in [0.3, 0.4) is 0 Å². The lowest BCUT2D eigenvalue weighted by Gasteiger charge is -2.15. The van der Waals surface area contributed by atoms with E-state index in [9.17, 15) is 9.18 Å². The van der Waals surface area contributed by atoms with Gasteiger partial charge in [-0.05, 0) is 41.0 Å². The fraction of sp³-hybridized carbons (Fsp3) is 0.125. The maximum Gasteiger partial charge on any atom is 0.257 e. The summed E-state index contributed by atoms with van der Waals surface area (Å²) in [6.45, 7) is 0.386. The number of rotatable bonds is 3. The molecule has 1 aliphatic heterocycles. The molecule has 21 heavy (non-hydrogen) atoms. The van der Waals surface area contributed by atoms with E-state index < -0.39 is 0 Å². The summed E-state index contributed by atoms with van der Waals surface area (Å²) in [5, 5.41) is 2.85. The van der Waals surface area contributed by atoms with Crippen LogP contribution in [0, 0.1) is 5.82 Å². The molecule has 1 aromatic heterocycles. The second kappa shape index (κ2) is 6.10. The van der Waals surface area contributed by atoms with E-state index in [-0.39, 0.29) is 11.7 Å². The minimum Gasteiger partial charge on any atom is -0.348 e. The van der Waals surface area contributed by atoms with Crippen molar-refractivity contribution in [3.05, 3.63) is 70.1 Å². The number of fused-ring (bicyclic) bond motifs is 1. The van der Waals surface area contributed by atoms with E-state index >= 15 is 0 Å². The molecular formula is C16H13FN2OS. The minimum atomic E-state index is -0.278. The largest absolute Gasteiger partial charge is 0.348 e. The molecule has 5 heteroatoms. The van der Waals surface area contributed by atoms with Crippen LogP contribution in [0.1, 0.15) is 16.7 Å². The molecule has 0 saturated heterocycles. The third kappa shape index (κ3) is 3.31. The molecule has 1 N–H and O–H groups in total. The maximum absolute atomic E-state index is 12.8. The number of hydrogen-bond donors (Lipinski definition) is 1. The molecule has 1 aromatic carbocycles. The van der Waals surface area contributed by atoms with E-state index in [1.54, 1.807) is 24.5 Å². The van der Waals surface area contributed by atoms with Crippen LogP contribution in [0.2, 0.25) is 0 Å². The van der Waals surface area contributed by atoms with Gasteiger partial charge in [0.1, 0.15) is 5.82 Å². The number of nitrogens with zero attached hydrogens (tertiary/aromatic N) is 1. The molecule has 0 fully saturated rings. The highest BCUT2D eigenvalue weighted by Gasteiger charge is 2.16. The van der Waals surface area contributed by atoms with Gasteiger partial charge in [-0.25, -0.2) is 4.39 Å². The number of benzene rings is 1. The van der Waals surface area contributed by atoms with Crippen LogP contribution in [0.4, 0.5) is 4.39 Å². The lowest BCUT2D eigenvalue weighted by atomic mass is 10.1. The summed E-state index contributed by atoms with van der Waals surface area (Å²) in [5.74, 6) is 0.381. The van der Waals surface area contributed by atoms with Crippen LogP contribution in [0.5, 0.6) is 0 Å². The summed E-state index contributed by atoms with van der Waals surface area (Å²) in [4.78, 5) is 16.9.